The maximum atomic E-state index is 13.1. The molecular formula is C32H43N3O8. The van der Waals surface area contributed by atoms with Gasteiger partial charge < -0.3 is 33.9 Å². The van der Waals surface area contributed by atoms with E-state index < -0.39 is 11.7 Å². The first-order chi connectivity index (χ1) is 20.4. The van der Waals surface area contributed by atoms with Crippen molar-refractivity contribution in [3.63, 3.8) is 0 Å². The van der Waals surface area contributed by atoms with Crippen molar-refractivity contribution in [3.8, 4) is 17.2 Å². The minimum Gasteiger partial charge on any atom is -0.493 e. The molecule has 0 saturated carbocycles. The molecule has 0 aromatic heterocycles. The number of likely N-dealkylation sites (tertiary alicyclic amines) is 1. The lowest BCUT2D eigenvalue weighted by Gasteiger charge is -2.39. The molecule has 234 valence electrons. The molecule has 2 aliphatic rings. The van der Waals surface area contributed by atoms with Crippen molar-refractivity contribution in [1.29, 1.82) is 0 Å². The monoisotopic (exact) mass is 597 g/mol. The molecule has 2 heterocycles. The second-order valence-electron chi connectivity index (χ2n) is 11.8. The van der Waals surface area contributed by atoms with Crippen molar-refractivity contribution < 1.29 is 38.1 Å². The van der Waals surface area contributed by atoms with Crippen molar-refractivity contribution in [2.45, 2.75) is 71.1 Å². The number of carbonyl (C=O) groups is 3. The molecule has 0 bridgehead atoms. The Kier molecular flexibility index (Phi) is 9.93. The van der Waals surface area contributed by atoms with Gasteiger partial charge in [-0.25, -0.2) is 9.59 Å². The van der Waals surface area contributed by atoms with Gasteiger partial charge in [0.1, 0.15) is 17.5 Å². The van der Waals surface area contributed by atoms with E-state index in [2.05, 4.69) is 5.32 Å². The molecule has 2 aromatic rings. The summed E-state index contributed by atoms with van der Waals surface area (Å²) in [6, 6.07) is 10.4. The Morgan fingerprint density at radius 1 is 1.00 bits per heavy atom. The van der Waals surface area contributed by atoms with Gasteiger partial charge in [-0.3, -0.25) is 9.69 Å². The fourth-order valence-electron chi connectivity index (χ4n) is 5.48. The molecule has 11 nitrogen and oxygen atoms in total. The van der Waals surface area contributed by atoms with E-state index in [0.29, 0.717) is 61.0 Å². The highest BCUT2D eigenvalue weighted by Gasteiger charge is 2.36. The van der Waals surface area contributed by atoms with Crippen LogP contribution in [0.3, 0.4) is 0 Å². The first-order valence-electron chi connectivity index (χ1n) is 14.7. The van der Waals surface area contributed by atoms with E-state index in [1.165, 1.54) is 0 Å². The highest BCUT2D eigenvalue weighted by Crippen LogP contribution is 2.44. The van der Waals surface area contributed by atoms with Crippen molar-refractivity contribution >= 4 is 23.8 Å². The first kappa shape index (κ1) is 31.8. The number of amides is 3. The number of hydrogen-bond acceptors (Lipinski definition) is 8. The number of anilines is 1. The maximum Gasteiger partial charge on any atom is 0.414 e. The van der Waals surface area contributed by atoms with Crippen LogP contribution in [0.4, 0.5) is 15.3 Å². The Morgan fingerprint density at radius 3 is 2.30 bits per heavy atom. The van der Waals surface area contributed by atoms with E-state index in [1.807, 2.05) is 33.8 Å². The smallest absolute Gasteiger partial charge is 0.414 e. The zero-order valence-electron chi connectivity index (χ0n) is 26.1. The number of methoxy groups -OCH3 is 2. The summed E-state index contributed by atoms with van der Waals surface area (Å²) in [5.41, 5.74) is 1.49. The number of fused-ring (bicyclic) bond motifs is 1. The van der Waals surface area contributed by atoms with Crippen LogP contribution in [-0.4, -0.2) is 81.2 Å². The average molecular weight is 598 g/mol. The molecule has 4 rings (SSSR count). The molecule has 3 unspecified atom stereocenters. The topological polar surface area (TPSA) is 116 Å². The number of nitrogens with one attached hydrogen (secondary N) is 1. The molecule has 11 heteroatoms. The molecule has 3 amide bonds. The van der Waals surface area contributed by atoms with Crippen LogP contribution in [0.1, 0.15) is 69.3 Å². The second-order valence-corrected chi connectivity index (χ2v) is 11.8. The van der Waals surface area contributed by atoms with Gasteiger partial charge in [0.15, 0.2) is 11.5 Å². The van der Waals surface area contributed by atoms with Crippen LogP contribution in [0.2, 0.25) is 0 Å². The van der Waals surface area contributed by atoms with E-state index in [1.54, 1.807) is 61.3 Å². The van der Waals surface area contributed by atoms with Gasteiger partial charge in [-0.15, -0.1) is 0 Å². The van der Waals surface area contributed by atoms with Crippen LogP contribution in [0.5, 0.6) is 17.2 Å². The molecule has 1 fully saturated rings. The third kappa shape index (κ3) is 7.63. The van der Waals surface area contributed by atoms with Gasteiger partial charge in [0.2, 0.25) is 0 Å². The molecule has 2 aromatic carbocycles. The Hall–Kier alpha value is -4.15. The largest absolute Gasteiger partial charge is 0.493 e. The molecule has 1 N–H and O–H groups in total. The Labute approximate surface area is 253 Å². The normalized spacial score (nSPS) is 19.7. The molecule has 43 heavy (non-hydrogen) atoms. The van der Waals surface area contributed by atoms with E-state index in [4.69, 9.17) is 23.7 Å². The Bertz CT molecular complexity index is 1310. The van der Waals surface area contributed by atoms with Gasteiger partial charge in [-0.2, -0.15) is 0 Å². The SMILES string of the molecule is CCOC(=O)N1c2cc(OC)c(OC)cc2C(CNC(=O)c2ccc(OC3CCN(C(=O)OC(C)(C)C)C3)cc2)CC1C. The lowest BCUT2D eigenvalue weighted by atomic mass is 9.85. The lowest BCUT2D eigenvalue weighted by molar-refractivity contribution is 0.0275. The number of ether oxygens (including phenoxy) is 5. The second kappa shape index (κ2) is 13.4. The van der Waals surface area contributed by atoms with Crippen LogP contribution in [0.15, 0.2) is 36.4 Å². The summed E-state index contributed by atoms with van der Waals surface area (Å²) in [4.78, 5) is 41.6. The van der Waals surface area contributed by atoms with Gasteiger partial charge in [-0.1, -0.05) is 0 Å². The van der Waals surface area contributed by atoms with Crippen LogP contribution >= 0.6 is 0 Å². The molecule has 0 aliphatic carbocycles. The molecule has 2 aliphatic heterocycles. The van der Waals surface area contributed by atoms with E-state index in [9.17, 15) is 14.4 Å². The predicted molar refractivity (Wildman–Crippen MR) is 161 cm³/mol. The van der Waals surface area contributed by atoms with Crippen LogP contribution in [0.25, 0.3) is 0 Å². The van der Waals surface area contributed by atoms with Gasteiger partial charge in [-0.05, 0) is 76.9 Å². The predicted octanol–water partition coefficient (Wildman–Crippen LogP) is 5.36. The summed E-state index contributed by atoms with van der Waals surface area (Å²) in [7, 11) is 3.11. The lowest BCUT2D eigenvalue weighted by Crippen LogP contribution is -2.45. The van der Waals surface area contributed by atoms with E-state index >= 15 is 0 Å². The summed E-state index contributed by atoms with van der Waals surface area (Å²) in [6.45, 7) is 10.9. The average Bonchev–Trinajstić information content (AvgIpc) is 3.43. The van der Waals surface area contributed by atoms with Gasteiger partial charge >= 0.3 is 12.2 Å². The van der Waals surface area contributed by atoms with Crippen molar-refractivity contribution in [1.82, 2.24) is 10.2 Å². The van der Waals surface area contributed by atoms with Gasteiger partial charge in [0.05, 0.1) is 33.1 Å². The number of benzene rings is 2. The Morgan fingerprint density at radius 2 is 1.67 bits per heavy atom. The fourth-order valence-corrected chi connectivity index (χ4v) is 5.48. The molecule has 3 atom stereocenters. The van der Waals surface area contributed by atoms with Crippen molar-refractivity contribution in [2.24, 2.45) is 0 Å². The van der Waals surface area contributed by atoms with Crippen LogP contribution < -0.4 is 24.4 Å². The van der Waals surface area contributed by atoms with Crippen molar-refractivity contribution in [3.05, 3.63) is 47.5 Å². The first-order valence-corrected chi connectivity index (χ1v) is 14.7. The number of carbonyl (C=O) groups excluding carboxylic acids is 3. The minimum absolute atomic E-state index is 0.0719. The standard InChI is InChI=1S/C32H43N3O8/c1-8-41-31(38)35-20(2)15-22(25-16-27(39-6)28(40-7)17-26(25)35)18-33-29(36)21-9-11-23(12-10-21)42-24-13-14-34(19-24)30(37)43-32(3,4)5/h9-12,16-17,20,22,24H,8,13-15,18-19H2,1-7H3,(H,33,36). The van der Waals surface area contributed by atoms with Crippen LogP contribution in [0, 0.1) is 0 Å². The summed E-state index contributed by atoms with van der Waals surface area (Å²) in [5, 5.41) is 3.05. The van der Waals surface area contributed by atoms with Gasteiger partial charge in [0.25, 0.3) is 5.91 Å². The van der Waals surface area contributed by atoms with E-state index in [-0.39, 0.29) is 36.7 Å². The summed E-state index contributed by atoms with van der Waals surface area (Å²) >= 11 is 0. The molecule has 1 saturated heterocycles. The summed E-state index contributed by atoms with van der Waals surface area (Å²) in [5.74, 6) is 1.39. The maximum absolute atomic E-state index is 13.1. The van der Waals surface area contributed by atoms with Crippen LogP contribution in [-0.2, 0) is 9.47 Å². The summed E-state index contributed by atoms with van der Waals surface area (Å²) in [6.07, 6.45) is 0.406. The minimum atomic E-state index is -0.547. The van der Waals surface area contributed by atoms with E-state index in [0.717, 1.165) is 5.56 Å². The third-order valence-electron chi connectivity index (χ3n) is 7.49. The van der Waals surface area contributed by atoms with Crippen molar-refractivity contribution in [2.75, 3.05) is 45.4 Å². The number of nitrogens with zero attached hydrogens (tertiary/aromatic N) is 2. The molecule has 0 radical (unpaired) electrons. The highest BCUT2D eigenvalue weighted by molar-refractivity contribution is 5.94. The summed E-state index contributed by atoms with van der Waals surface area (Å²) < 4.78 is 27.9. The quantitative estimate of drug-likeness (QED) is 0.433. The molecule has 0 spiro atoms. The zero-order valence-corrected chi connectivity index (χ0v) is 26.1. The molecular weight excluding hydrogens is 554 g/mol. The third-order valence-corrected chi connectivity index (χ3v) is 7.49. The number of hydrogen-bond donors (Lipinski definition) is 1. The highest BCUT2D eigenvalue weighted by atomic mass is 16.6. The van der Waals surface area contributed by atoms with Gasteiger partial charge in [0, 0.05) is 43.1 Å². The Balaban J connectivity index is 1.40. The number of rotatable bonds is 8. The fraction of sp³-hybridized carbons (Fsp3) is 0.531. The zero-order chi connectivity index (χ0) is 31.3.